The van der Waals surface area contributed by atoms with Crippen molar-refractivity contribution in [2.75, 3.05) is 0 Å². The van der Waals surface area contributed by atoms with Crippen LogP contribution in [0.1, 0.15) is 31.3 Å². The van der Waals surface area contributed by atoms with E-state index in [1.807, 2.05) is 18.2 Å². The fourth-order valence-corrected chi connectivity index (χ4v) is 3.69. The first-order chi connectivity index (χ1) is 12.5. The lowest BCUT2D eigenvalue weighted by Crippen LogP contribution is -2.22. The molecule has 5 nitrogen and oxygen atoms in total. The number of aromatic nitrogens is 1. The lowest BCUT2D eigenvalue weighted by Gasteiger charge is -2.05. The van der Waals surface area contributed by atoms with Crippen LogP contribution in [-0.4, -0.2) is 22.0 Å². The summed E-state index contributed by atoms with van der Waals surface area (Å²) in [5, 5.41) is 13.0. The average molecular weight is 387 g/mol. The van der Waals surface area contributed by atoms with E-state index in [-0.39, 0.29) is 11.5 Å². The predicted octanol–water partition coefficient (Wildman–Crippen LogP) is 4.40. The minimum Gasteiger partial charge on any atom is -0.478 e. The third-order valence-electron chi connectivity index (χ3n) is 3.76. The Balaban J connectivity index is 1.72. The third kappa shape index (κ3) is 3.92. The molecule has 132 valence electrons. The maximum atomic E-state index is 12.5. The number of carboxylic acid groups (broad SMARTS) is 1. The highest BCUT2D eigenvalue weighted by Crippen LogP contribution is 2.32. The topological polar surface area (TPSA) is 79.3 Å². The molecular formula is C19H15ClN2O3S. The minimum absolute atomic E-state index is 0.211. The molecule has 0 saturated carbocycles. The number of carbonyl (C=O) groups is 2. The van der Waals surface area contributed by atoms with E-state index < -0.39 is 5.97 Å². The number of nitrogens with one attached hydrogen (secondary N) is 1. The lowest BCUT2D eigenvalue weighted by atomic mass is 10.1. The number of benzene rings is 2. The summed E-state index contributed by atoms with van der Waals surface area (Å²) < 4.78 is 0. The molecule has 7 heteroatoms. The van der Waals surface area contributed by atoms with E-state index in [4.69, 9.17) is 16.7 Å². The summed E-state index contributed by atoms with van der Waals surface area (Å²) in [6.45, 7) is 2.09. The van der Waals surface area contributed by atoms with Crippen molar-refractivity contribution in [2.24, 2.45) is 0 Å². The molecule has 0 fully saturated rings. The zero-order valence-electron chi connectivity index (χ0n) is 13.8. The molecule has 2 aromatic carbocycles. The lowest BCUT2D eigenvalue weighted by molar-refractivity contribution is 0.0696. The van der Waals surface area contributed by atoms with Crippen molar-refractivity contribution in [3.05, 3.63) is 75.3 Å². The Morgan fingerprint density at radius 1 is 1.15 bits per heavy atom. The Kier molecular flexibility index (Phi) is 5.35. The summed E-state index contributed by atoms with van der Waals surface area (Å²) in [6.07, 6.45) is 0. The van der Waals surface area contributed by atoms with Crippen molar-refractivity contribution in [1.82, 2.24) is 10.3 Å². The van der Waals surface area contributed by atoms with Gasteiger partial charge in [0.25, 0.3) is 5.91 Å². The normalized spacial score (nSPS) is 10.5. The van der Waals surface area contributed by atoms with Gasteiger partial charge in [-0.2, -0.15) is 0 Å². The second kappa shape index (κ2) is 7.68. The van der Waals surface area contributed by atoms with Crippen molar-refractivity contribution in [3.63, 3.8) is 0 Å². The van der Waals surface area contributed by atoms with Crippen LogP contribution in [0.25, 0.3) is 10.6 Å². The van der Waals surface area contributed by atoms with Gasteiger partial charge in [0.2, 0.25) is 0 Å². The summed E-state index contributed by atoms with van der Waals surface area (Å²) in [4.78, 5) is 28.3. The Morgan fingerprint density at radius 2 is 1.85 bits per heavy atom. The molecule has 1 amide bonds. The number of halogens is 1. The van der Waals surface area contributed by atoms with E-state index in [0.717, 1.165) is 11.1 Å². The third-order valence-corrected chi connectivity index (χ3v) is 5.28. The molecule has 0 aliphatic carbocycles. The highest BCUT2D eigenvalue weighted by atomic mass is 35.5. The monoisotopic (exact) mass is 386 g/mol. The average Bonchev–Trinajstić information content (AvgIpc) is 3.02. The van der Waals surface area contributed by atoms with Gasteiger partial charge in [-0.15, -0.1) is 11.3 Å². The first-order valence-electron chi connectivity index (χ1n) is 7.78. The molecular weight excluding hydrogens is 372 g/mol. The highest BCUT2D eigenvalue weighted by molar-refractivity contribution is 7.17. The van der Waals surface area contributed by atoms with Gasteiger partial charge < -0.3 is 10.4 Å². The summed E-state index contributed by atoms with van der Waals surface area (Å²) >= 11 is 7.49. The molecule has 0 atom stereocenters. The van der Waals surface area contributed by atoms with Gasteiger partial charge in [-0.05, 0) is 30.7 Å². The number of amides is 1. The molecule has 0 unspecified atom stereocenters. The van der Waals surface area contributed by atoms with E-state index in [0.29, 0.717) is 27.1 Å². The van der Waals surface area contributed by atoms with Crippen molar-refractivity contribution < 1.29 is 14.7 Å². The van der Waals surface area contributed by atoms with Crippen molar-refractivity contribution in [3.8, 4) is 10.6 Å². The largest absolute Gasteiger partial charge is 0.478 e. The van der Waals surface area contributed by atoms with E-state index >= 15 is 0 Å². The van der Waals surface area contributed by atoms with Crippen LogP contribution in [-0.2, 0) is 6.54 Å². The number of aryl methyl sites for hydroxylation is 1. The van der Waals surface area contributed by atoms with Gasteiger partial charge in [0, 0.05) is 12.1 Å². The van der Waals surface area contributed by atoms with Crippen LogP contribution in [0, 0.1) is 6.92 Å². The van der Waals surface area contributed by atoms with E-state index in [1.165, 1.54) is 23.5 Å². The fourth-order valence-electron chi connectivity index (χ4n) is 2.38. The molecule has 0 aliphatic rings. The zero-order chi connectivity index (χ0) is 18.7. The van der Waals surface area contributed by atoms with E-state index in [9.17, 15) is 9.59 Å². The summed E-state index contributed by atoms with van der Waals surface area (Å²) in [5.74, 6) is -1.20. The Morgan fingerprint density at radius 3 is 2.50 bits per heavy atom. The van der Waals surface area contributed by atoms with Gasteiger partial charge in [0.1, 0.15) is 9.88 Å². The molecule has 0 aliphatic heterocycles. The first-order valence-corrected chi connectivity index (χ1v) is 8.98. The van der Waals surface area contributed by atoms with Gasteiger partial charge in [-0.3, -0.25) is 4.79 Å². The number of aromatic carboxylic acids is 1. The summed E-state index contributed by atoms with van der Waals surface area (Å²) in [6, 6.07) is 13.7. The molecule has 0 bridgehead atoms. The zero-order valence-corrected chi connectivity index (χ0v) is 15.4. The van der Waals surface area contributed by atoms with Crippen LogP contribution in [0.2, 0.25) is 5.02 Å². The van der Waals surface area contributed by atoms with Gasteiger partial charge in [0.05, 0.1) is 16.3 Å². The van der Waals surface area contributed by atoms with Gasteiger partial charge in [-0.25, -0.2) is 9.78 Å². The molecule has 3 aromatic rings. The highest BCUT2D eigenvalue weighted by Gasteiger charge is 2.17. The molecule has 1 aromatic heterocycles. The Hall–Kier alpha value is -2.70. The summed E-state index contributed by atoms with van der Waals surface area (Å²) in [5.41, 5.74) is 2.47. The number of carbonyl (C=O) groups excluding carboxylic acids is 1. The van der Waals surface area contributed by atoms with Gasteiger partial charge in [0.15, 0.2) is 0 Å². The number of rotatable bonds is 5. The van der Waals surface area contributed by atoms with Crippen LogP contribution in [0.15, 0.2) is 48.5 Å². The molecule has 26 heavy (non-hydrogen) atoms. The predicted molar refractivity (Wildman–Crippen MR) is 102 cm³/mol. The smallest absolute Gasteiger partial charge is 0.335 e. The van der Waals surface area contributed by atoms with Crippen LogP contribution < -0.4 is 5.32 Å². The fraction of sp³-hybridized carbons (Fsp3) is 0.105. The molecule has 1 heterocycles. The van der Waals surface area contributed by atoms with E-state index in [2.05, 4.69) is 10.3 Å². The van der Waals surface area contributed by atoms with Crippen LogP contribution >= 0.6 is 22.9 Å². The molecule has 0 saturated heterocycles. The summed E-state index contributed by atoms with van der Waals surface area (Å²) in [7, 11) is 0. The standard InChI is InChI=1S/C19H15ClN2O3S/c1-11-16(26-18(22-11)14-4-2-3-5-15(14)20)17(23)21-10-12-6-8-13(9-7-12)19(24)25/h2-9H,10H2,1H3,(H,21,23)(H,24,25). The molecule has 0 spiro atoms. The van der Waals surface area contributed by atoms with Crippen molar-refractivity contribution in [2.45, 2.75) is 13.5 Å². The SMILES string of the molecule is Cc1nc(-c2ccccc2Cl)sc1C(=O)NCc1ccc(C(=O)O)cc1. The maximum absolute atomic E-state index is 12.5. The second-order valence-corrected chi connectivity index (χ2v) is 7.00. The van der Waals surface area contributed by atoms with Crippen molar-refractivity contribution in [1.29, 1.82) is 0 Å². The Labute approximate surface area is 159 Å². The molecule has 3 rings (SSSR count). The van der Waals surface area contributed by atoms with Crippen molar-refractivity contribution >= 4 is 34.8 Å². The maximum Gasteiger partial charge on any atom is 0.335 e. The van der Waals surface area contributed by atoms with Gasteiger partial charge in [-0.1, -0.05) is 41.9 Å². The van der Waals surface area contributed by atoms with Gasteiger partial charge >= 0.3 is 5.97 Å². The molecule has 0 radical (unpaired) electrons. The quantitative estimate of drug-likeness (QED) is 0.681. The van der Waals surface area contributed by atoms with Crippen LogP contribution in [0.5, 0.6) is 0 Å². The van der Waals surface area contributed by atoms with Crippen LogP contribution in [0.3, 0.4) is 0 Å². The Bertz CT molecular complexity index is 967. The number of carboxylic acids is 1. The van der Waals surface area contributed by atoms with E-state index in [1.54, 1.807) is 25.1 Å². The minimum atomic E-state index is -0.979. The number of hydrogen-bond donors (Lipinski definition) is 2. The second-order valence-electron chi connectivity index (χ2n) is 5.60. The first kappa shape index (κ1) is 18.1. The number of thiazole rings is 1. The number of hydrogen-bond acceptors (Lipinski definition) is 4. The number of nitrogens with zero attached hydrogens (tertiary/aromatic N) is 1. The van der Waals surface area contributed by atoms with Crippen LogP contribution in [0.4, 0.5) is 0 Å². The molecule has 2 N–H and O–H groups in total.